The molecule has 0 unspecified atom stereocenters. The van der Waals surface area contributed by atoms with E-state index in [9.17, 15) is 8.42 Å². The highest BCUT2D eigenvalue weighted by Crippen LogP contribution is 2.24. The summed E-state index contributed by atoms with van der Waals surface area (Å²) in [6.07, 6.45) is 3.23. The Kier molecular flexibility index (Phi) is 5.31. The van der Waals surface area contributed by atoms with Gasteiger partial charge in [0, 0.05) is 18.4 Å². The van der Waals surface area contributed by atoms with Crippen molar-refractivity contribution in [3.8, 4) is 0 Å². The number of hydrogen-bond donors (Lipinski definition) is 1. The van der Waals surface area contributed by atoms with E-state index in [0.29, 0.717) is 17.9 Å². The van der Waals surface area contributed by atoms with Crippen LogP contribution in [0.3, 0.4) is 0 Å². The van der Waals surface area contributed by atoms with E-state index >= 15 is 0 Å². The third-order valence-corrected chi connectivity index (χ3v) is 5.30. The van der Waals surface area contributed by atoms with Crippen LogP contribution in [0.1, 0.15) is 25.5 Å². The molecule has 6 heteroatoms. The third-order valence-electron chi connectivity index (χ3n) is 3.21. The number of nitrogens with one attached hydrogen (secondary N) is 1. The number of nitrogens with zero attached hydrogens (tertiary/aromatic N) is 1. The number of alkyl halides is 1. The van der Waals surface area contributed by atoms with Gasteiger partial charge in [-0.1, -0.05) is 31.5 Å². The Bertz CT molecular complexity index is 668. The molecule has 114 valence electrons. The van der Waals surface area contributed by atoms with Gasteiger partial charge in [0.2, 0.25) is 0 Å². The minimum absolute atomic E-state index is 0.248. The van der Waals surface area contributed by atoms with Gasteiger partial charge in [0.25, 0.3) is 10.0 Å². The predicted molar refractivity (Wildman–Crippen MR) is 86.2 cm³/mol. The van der Waals surface area contributed by atoms with Crippen molar-refractivity contribution in [2.75, 3.05) is 10.8 Å². The van der Waals surface area contributed by atoms with Crippen molar-refractivity contribution in [1.82, 2.24) is 4.98 Å². The Morgan fingerprint density at radius 2 is 1.95 bits per heavy atom. The summed E-state index contributed by atoms with van der Waals surface area (Å²) in [6.45, 7) is 2.50. The van der Waals surface area contributed by atoms with Gasteiger partial charge in [-0.3, -0.25) is 4.31 Å². The molecule has 0 saturated carbocycles. The molecule has 0 aliphatic rings. The van der Waals surface area contributed by atoms with Crippen molar-refractivity contribution in [1.29, 1.82) is 0 Å². The lowest BCUT2D eigenvalue weighted by atomic mass is 10.3. The van der Waals surface area contributed by atoms with E-state index in [4.69, 9.17) is 11.6 Å². The standard InChI is InChI=1S/C15H19ClN2O2S/c1-2-3-9-18(14-7-5-4-6-8-14)21(19,20)15-10-13(11-16)17-12-15/h4-8,10,12,17H,2-3,9,11H2,1H3. The molecule has 0 aliphatic heterocycles. The first-order valence-corrected chi connectivity index (χ1v) is 8.88. The molecule has 1 heterocycles. The van der Waals surface area contributed by atoms with Crippen molar-refractivity contribution in [3.63, 3.8) is 0 Å². The normalized spacial score (nSPS) is 11.5. The third kappa shape index (κ3) is 3.60. The lowest BCUT2D eigenvalue weighted by molar-refractivity contribution is 0.589. The van der Waals surface area contributed by atoms with Crippen LogP contribution in [0.2, 0.25) is 0 Å². The maximum atomic E-state index is 12.8. The van der Waals surface area contributed by atoms with E-state index in [2.05, 4.69) is 4.98 Å². The molecule has 4 nitrogen and oxygen atoms in total. The van der Waals surface area contributed by atoms with Crippen LogP contribution in [-0.2, 0) is 15.9 Å². The molecule has 0 spiro atoms. The summed E-state index contributed by atoms with van der Waals surface area (Å²) in [4.78, 5) is 3.13. The first kappa shape index (κ1) is 15.9. The Balaban J connectivity index is 2.39. The van der Waals surface area contributed by atoms with Crippen LogP contribution in [-0.4, -0.2) is 19.9 Å². The van der Waals surface area contributed by atoms with Gasteiger partial charge >= 0.3 is 0 Å². The summed E-state index contributed by atoms with van der Waals surface area (Å²) in [5.41, 5.74) is 1.37. The number of para-hydroxylation sites is 1. The second kappa shape index (κ2) is 7.00. The van der Waals surface area contributed by atoms with Crippen LogP contribution >= 0.6 is 11.6 Å². The van der Waals surface area contributed by atoms with E-state index < -0.39 is 10.0 Å². The number of aromatic amines is 1. The van der Waals surface area contributed by atoms with Crippen LogP contribution in [0, 0.1) is 0 Å². The molecule has 0 atom stereocenters. The Hall–Kier alpha value is -1.46. The molecule has 1 N–H and O–H groups in total. The van der Waals surface area contributed by atoms with Crippen LogP contribution < -0.4 is 4.31 Å². The number of sulfonamides is 1. The van der Waals surface area contributed by atoms with E-state index in [1.807, 2.05) is 37.3 Å². The molecule has 0 bridgehead atoms. The number of H-pyrrole nitrogens is 1. The Labute approximate surface area is 130 Å². The zero-order valence-electron chi connectivity index (χ0n) is 11.9. The SMILES string of the molecule is CCCCN(c1ccccc1)S(=O)(=O)c1c[nH]c(CCl)c1. The predicted octanol–water partition coefficient (Wildman–Crippen LogP) is 3.75. The highest BCUT2D eigenvalue weighted by Gasteiger charge is 2.25. The average molecular weight is 327 g/mol. The number of unbranched alkanes of at least 4 members (excludes halogenated alkanes) is 1. The van der Waals surface area contributed by atoms with Crippen molar-refractivity contribution in [2.24, 2.45) is 0 Å². The van der Waals surface area contributed by atoms with Crippen LogP contribution in [0.25, 0.3) is 0 Å². The lowest BCUT2D eigenvalue weighted by Crippen LogP contribution is -2.31. The largest absolute Gasteiger partial charge is 0.363 e. The van der Waals surface area contributed by atoms with Gasteiger partial charge in [0.1, 0.15) is 4.90 Å². The van der Waals surface area contributed by atoms with Crippen LogP contribution in [0.15, 0.2) is 47.5 Å². The monoisotopic (exact) mass is 326 g/mol. The summed E-state index contributed by atoms with van der Waals surface area (Å²) in [6, 6.07) is 10.8. The highest BCUT2D eigenvalue weighted by molar-refractivity contribution is 7.92. The molecule has 1 aromatic heterocycles. The number of anilines is 1. The van der Waals surface area contributed by atoms with E-state index in [1.54, 1.807) is 6.07 Å². The van der Waals surface area contributed by atoms with Crippen molar-refractivity contribution < 1.29 is 8.42 Å². The molecule has 21 heavy (non-hydrogen) atoms. The minimum Gasteiger partial charge on any atom is -0.363 e. The molecule has 0 aliphatic carbocycles. The van der Waals surface area contributed by atoms with Gasteiger partial charge in [-0.2, -0.15) is 0 Å². The summed E-state index contributed by atoms with van der Waals surface area (Å²) >= 11 is 5.73. The zero-order chi connectivity index (χ0) is 15.3. The van der Waals surface area contributed by atoms with E-state index in [0.717, 1.165) is 12.8 Å². The Morgan fingerprint density at radius 1 is 1.24 bits per heavy atom. The maximum absolute atomic E-state index is 12.8. The molecule has 0 fully saturated rings. The number of rotatable bonds is 7. The Morgan fingerprint density at radius 3 is 2.52 bits per heavy atom. The van der Waals surface area contributed by atoms with E-state index in [-0.39, 0.29) is 10.8 Å². The fourth-order valence-corrected chi connectivity index (χ4v) is 3.73. The number of aromatic nitrogens is 1. The molecule has 2 aromatic rings. The maximum Gasteiger partial charge on any atom is 0.265 e. The topological polar surface area (TPSA) is 53.2 Å². The van der Waals surface area contributed by atoms with E-state index in [1.165, 1.54) is 10.5 Å². The second-order valence-electron chi connectivity index (χ2n) is 4.76. The number of halogens is 1. The molecule has 1 aromatic carbocycles. The van der Waals surface area contributed by atoms with Gasteiger partial charge in [0.15, 0.2) is 0 Å². The van der Waals surface area contributed by atoms with Crippen LogP contribution in [0.4, 0.5) is 5.69 Å². The quantitative estimate of drug-likeness (QED) is 0.788. The van der Waals surface area contributed by atoms with Crippen LogP contribution in [0.5, 0.6) is 0 Å². The molecular weight excluding hydrogens is 308 g/mol. The van der Waals surface area contributed by atoms with Crippen molar-refractivity contribution in [2.45, 2.75) is 30.5 Å². The van der Waals surface area contributed by atoms with Gasteiger partial charge in [0.05, 0.1) is 11.6 Å². The fraction of sp³-hybridized carbons (Fsp3) is 0.333. The summed E-state index contributed by atoms with van der Waals surface area (Å²) in [5, 5.41) is 0. The molecule has 0 radical (unpaired) electrons. The molecule has 0 amide bonds. The first-order valence-electron chi connectivity index (χ1n) is 6.90. The number of hydrogen-bond acceptors (Lipinski definition) is 2. The fourth-order valence-electron chi connectivity index (χ4n) is 2.06. The van der Waals surface area contributed by atoms with Gasteiger partial charge in [-0.05, 0) is 24.6 Å². The minimum atomic E-state index is -3.57. The first-order chi connectivity index (χ1) is 10.1. The molecule has 0 saturated heterocycles. The lowest BCUT2D eigenvalue weighted by Gasteiger charge is -2.23. The zero-order valence-corrected chi connectivity index (χ0v) is 13.5. The van der Waals surface area contributed by atoms with Crippen molar-refractivity contribution >= 4 is 27.3 Å². The van der Waals surface area contributed by atoms with Gasteiger partial charge < -0.3 is 4.98 Å². The summed E-state index contributed by atoms with van der Waals surface area (Å²) < 4.78 is 27.1. The van der Waals surface area contributed by atoms with Gasteiger partial charge in [-0.25, -0.2) is 8.42 Å². The van der Waals surface area contributed by atoms with Gasteiger partial charge in [-0.15, -0.1) is 11.6 Å². The number of benzene rings is 1. The average Bonchev–Trinajstić information content (AvgIpc) is 2.98. The smallest absolute Gasteiger partial charge is 0.265 e. The summed E-state index contributed by atoms with van der Waals surface area (Å²) in [5.74, 6) is 0.260. The summed E-state index contributed by atoms with van der Waals surface area (Å²) in [7, 11) is -3.57. The molecule has 2 rings (SSSR count). The van der Waals surface area contributed by atoms with Crippen molar-refractivity contribution in [3.05, 3.63) is 48.3 Å². The molecular formula is C15H19ClN2O2S. The second-order valence-corrected chi connectivity index (χ2v) is 6.89. The highest BCUT2D eigenvalue weighted by atomic mass is 35.5.